The molecule has 3 amide bonds. The number of aliphatic carboxylic acids is 2. The zero-order valence-corrected chi connectivity index (χ0v) is 20.8. The van der Waals surface area contributed by atoms with E-state index in [1.807, 2.05) is 0 Å². The van der Waals surface area contributed by atoms with Gasteiger partial charge in [0.2, 0.25) is 17.7 Å². The zero-order chi connectivity index (χ0) is 31.5. The fourth-order valence-electron chi connectivity index (χ4n) is 3.96. The topological polar surface area (TPSA) is 153 Å². The van der Waals surface area contributed by atoms with Crippen LogP contribution >= 0.6 is 11.8 Å². The van der Waals surface area contributed by atoms with E-state index >= 15 is 0 Å². The predicted octanol–water partition coefficient (Wildman–Crippen LogP) is 1.29. The maximum absolute atomic E-state index is 13.4. The number of rotatable bonds is 10. The van der Waals surface area contributed by atoms with Gasteiger partial charge < -0.3 is 25.7 Å². The van der Waals surface area contributed by atoms with Gasteiger partial charge in [-0.25, -0.2) is 9.59 Å². The number of hydrogen-bond acceptors (Lipinski definition) is 6. The molecule has 2 aromatic carbocycles. The average Bonchev–Trinajstić information content (AvgIpc) is 3.21. The Bertz CT molecular complexity index is 1400. The lowest BCUT2D eigenvalue weighted by Gasteiger charge is -2.32. The highest BCUT2D eigenvalue weighted by atomic mass is 32.2. The Hall–Kier alpha value is -3.86. The van der Waals surface area contributed by atoms with Crippen LogP contribution in [0.1, 0.15) is 31.8 Å². The van der Waals surface area contributed by atoms with E-state index < -0.39 is 95.0 Å². The summed E-state index contributed by atoms with van der Waals surface area (Å²) in [6.45, 7) is 2.25. The third-order valence-corrected chi connectivity index (χ3v) is 7.13. The number of carbonyl (C=O) groups is 5. The first-order valence-corrected chi connectivity index (χ1v) is 12.0. The van der Waals surface area contributed by atoms with Crippen molar-refractivity contribution in [1.82, 2.24) is 15.5 Å². The number of amides is 3. The minimum atomic E-state index is -1.69. The van der Waals surface area contributed by atoms with Crippen LogP contribution in [0, 0.1) is 0 Å². The van der Waals surface area contributed by atoms with Crippen LogP contribution in [-0.4, -0.2) is 73.5 Å². The summed E-state index contributed by atoms with van der Waals surface area (Å²) >= 11 is 0.878. The lowest BCUT2D eigenvalue weighted by molar-refractivity contribution is -0.153. The van der Waals surface area contributed by atoms with Gasteiger partial charge in [0.05, 0.1) is 26.2 Å². The Balaban J connectivity index is 1.82. The Morgan fingerprint density at radius 1 is 1.00 bits per heavy atom. The summed E-state index contributed by atoms with van der Waals surface area (Å²) in [5, 5.41) is 23.2. The number of nitrogens with one attached hydrogen (secondary N) is 2. The van der Waals surface area contributed by atoms with Gasteiger partial charge in [0.15, 0.2) is 6.04 Å². The summed E-state index contributed by atoms with van der Waals surface area (Å²) in [6, 6.07) is 2.23. The molecule has 0 bridgehead atoms. The van der Waals surface area contributed by atoms with E-state index in [0.29, 0.717) is 5.56 Å². The highest BCUT2D eigenvalue weighted by molar-refractivity contribution is 8.01. The number of carboxylic acid groups (broad SMARTS) is 2. The van der Waals surface area contributed by atoms with Gasteiger partial charge in [0, 0.05) is 4.75 Å². The second-order valence-corrected chi connectivity index (χ2v) is 10.5. The lowest BCUT2D eigenvalue weighted by Crippen LogP contribution is -2.59. The average molecular weight is 533 g/mol. The smallest absolute Gasteiger partial charge is 0.329 e. The first kappa shape index (κ1) is 21.2. The van der Waals surface area contributed by atoms with Crippen LogP contribution in [0.3, 0.4) is 0 Å². The molecule has 0 saturated carbocycles. The van der Waals surface area contributed by atoms with Gasteiger partial charge in [-0.05, 0) is 25.0 Å². The van der Waals surface area contributed by atoms with Crippen molar-refractivity contribution in [3.05, 3.63) is 71.7 Å². The molecule has 0 radical (unpaired) electrons. The normalized spacial score (nSPS) is 20.9. The van der Waals surface area contributed by atoms with E-state index in [2.05, 4.69) is 10.6 Å². The van der Waals surface area contributed by atoms with E-state index in [1.165, 1.54) is 13.8 Å². The SMILES string of the molecule is [2H]c1c([2H])c([2H])c(CC(=O)NCC(=O)N2[C@@H]([C@H](NC(=O)Cc3ccccc3)C(=O)O)SC(C)(C)[C@@H]2C(=O)O)c([2H])c1[2H]. The second-order valence-electron chi connectivity index (χ2n) is 8.76. The number of carboxylic acids is 2. The fourth-order valence-corrected chi connectivity index (χ4v) is 5.60. The monoisotopic (exact) mass is 532 g/mol. The molecule has 3 rings (SSSR count). The van der Waals surface area contributed by atoms with Crippen molar-refractivity contribution >= 4 is 41.4 Å². The summed E-state index contributed by atoms with van der Waals surface area (Å²) in [5.74, 6) is -5.43. The maximum Gasteiger partial charge on any atom is 0.329 e. The van der Waals surface area contributed by atoms with Crippen LogP contribution in [0.5, 0.6) is 0 Å². The molecule has 0 spiro atoms. The minimum absolute atomic E-state index is 0.158. The summed E-state index contributed by atoms with van der Waals surface area (Å²) in [7, 11) is 0. The van der Waals surface area contributed by atoms with Gasteiger partial charge in [-0.1, -0.05) is 60.5 Å². The molecule has 2 aromatic rings. The third kappa shape index (κ3) is 7.10. The van der Waals surface area contributed by atoms with E-state index in [0.717, 1.165) is 16.7 Å². The first-order valence-electron chi connectivity index (χ1n) is 13.7. The molecule has 196 valence electrons. The van der Waals surface area contributed by atoms with Crippen LogP contribution in [0.4, 0.5) is 0 Å². The van der Waals surface area contributed by atoms with Crippen molar-refractivity contribution < 1.29 is 41.0 Å². The van der Waals surface area contributed by atoms with E-state index in [-0.39, 0.29) is 12.0 Å². The molecule has 0 unspecified atom stereocenters. The quantitative estimate of drug-likeness (QED) is 0.357. The number of nitrogens with zero attached hydrogens (tertiary/aromatic N) is 1. The number of thioether (sulfide) groups is 1. The molecule has 0 aliphatic carbocycles. The van der Waals surface area contributed by atoms with Crippen LogP contribution < -0.4 is 10.6 Å². The van der Waals surface area contributed by atoms with Crippen LogP contribution in [0.25, 0.3) is 0 Å². The van der Waals surface area contributed by atoms with Gasteiger partial charge in [0.25, 0.3) is 0 Å². The molecule has 11 heteroatoms. The minimum Gasteiger partial charge on any atom is -0.480 e. The Kier molecular flexibility index (Phi) is 6.84. The van der Waals surface area contributed by atoms with E-state index in [4.69, 9.17) is 6.85 Å². The van der Waals surface area contributed by atoms with Gasteiger partial charge in [-0.3, -0.25) is 14.4 Å². The van der Waals surface area contributed by atoms with Crippen molar-refractivity contribution in [2.45, 2.75) is 48.9 Å². The molecule has 1 fully saturated rings. The largest absolute Gasteiger partial charge is 0.480 e. The Morgan fingerprint density at radius 2 is 1.62 bits per heavy atom. The molecule has 1 aliphatic heterocycles. The fraction of sp³-hybridized carbons (Fsp3) is 0.346. The van der Waals surface area contributed by atoms with Crippen molar-refractivity contribution in [2.75, 3.05) is 6.54 Å². The number of hydrogen-bond donors (Lipinski definition) is 4. The molecule has 10 nitrogen and oxygen atoms in total. The second kappa shape index (κ2) is 11.9. The molecular weight excluding hydrogens is 498 g/mol. The van der Waals surface area contributed by atoms with Gasteiger partial charge in [-0.15, -0.1) is 11.8 Å². The van der Waals surface area contributed by atoms with Gasteiger partial charge in [-0.2, -0.15) is 0 Å². The lowest BCUT2D eigenvalue weighted by atomic mass is 10.0. The van der Waals surface area contributed by atoms with Crippen LogP contribution in [-0.2, 0) is 36.8 Å². The van der Waals surface area contributed by atoms with Gasteiger partial charge in [0.1, 0.15) is 11.4 Å². The first-order chi connectivity index (χ1) is 19.6. The predicted molar refractivity (Wildman–Crippen MR) is 137 cm³/mol. The highest BCUT2D eigenvalue weighted by Gasteiger charge is 2.56. The van der Waals surface area contributed by atoms with Crippen molar-refractivity contribution in [3.63, 3.8) is 0 Å². The molecule has 0 aromatic heterocycles. The van der Waals surface area contributed by atoms with E-state index in [1.54, 1.807) is 30.3 Å². The summed E-state index contributed by atoms with van der Waals surface area (Å²) in [4.78, 5) is 64.1. The van der Waals surface area contributed by atoms with Crippen LogP contribution in [0.15, 0.2) is 60.5 Å². The van der Waals surface area contributed by atoms with Crippen molar-refractivity contribution in [1.29, 1.82) is 0 Å². The zero-order valence-electron chi connectivity index (χ0n) is 25.0. The number of benzene rings is 2. The summed E-state index contributed by atoms with van der Waals surface area (Å²) < 4.78 is 37.8. The Labute approximate surface area is 225 Å². The maximum atomic E-state index is 13.4. The molecule has 1 aliphatic rings. The van der Waals surface area contributed by atoms with Gasteiger partial charge >= 0.3 is 11.9 Å². The molecule has 1 heterocycles. The molecule has 37 heavy (non-hydrogen) atoms. The molecular formula is C26H29N3O7S. The van der Waals surface area contributed by atoms with E-state index in [9.17, 15) is 34.2 Å². The van der Waals surface area contributed by atoms with Crippen molar-refractivity contribution in [2.24, 2.45) is 0 Å². The molecule has 4 N–H and O–H groups in total. The highest BCUT2D eigenvalue weighted by Crippen LogP contribution is 2.45. The standard InChI is InChI=1S/C26H29N3O7S/c1-26(2)22(25(35)36)29(20(32)15-27-18(30)13-16-9-5-3-6-10-16)23(37-26)21(24(33)34)28-19(31)14-17-11-7-4-8-12-17/h3-12,21-23H,13-15H2,1-2H3,(H,27,30)(H,28,31)(H,33,34)(H,35,36)/t21-,22-,23+/m0/s1/i3D,5D,6D,9D,10D. The number of carbonyl (C=O) groups excluding carboxylic acids is 3. The Morgan fingerprint density at radius 3 is 2.22 bits per heavy atom. The summed E-state index contributed by atoms with van der Waals surface area (Å²) in [6.07, 6.45) is -0.822. The molecule has 1 saturated heterocycles. The molecule has 3 atom stereocenters. The van der Waals surface area contributed by atoms with Crippen LogP contribution in [0.2, 0.25) is 0 Å². The third-order valence-electron chi connectivity index (χ3n) is 5.56. The summed E-state index contributed by atoms with van der Waals surface area (Å²) in [5.41, 5.74) is 0.314. The van der Waals surface area contributed by atoms with Crippen molar-refractivity contribution in [3.8, 4) is 0 Å².